The number of hydrogen-bond donors (Lipinski definition) is 0. The van der Waals surface area contributed by atoms with Gasteiger partial charge in [-0.2, -0.15) is 0 Å². The van der Waals surface area contributed by atoms with E-state index < -0.39 is 0 Å². The Hall–Kier alpha value is -1.02. The van der Waals surface area contributed by atoms with E-state index >= 15 is 0 Å². The summed E-state index contributed by atoms with van der Waals surface area (Å²) in [6.45, 7) is 0. The third-order valence-electron chi connectivity index (χ3n) is 2.80. The summed E-state index contributed by atoms with van der Waals surface area (Å²) in [5, 5.41) is 0. The van der Waals surface area contributed by atoms with E-state index in [-0.39, 0.29) is 0 Å². The first-order valence-electron chi connectivity index (χ1n) is 4.77. The van der Waals surface area contributed by atoms with Crippen LogP contribution in [-0.4, -0.2) is 16.5 Å². The van der Waals surface area contributed by atoms with Crippen molar-refractivity contribution in [2.75, 3.05) is 0 Å². The summed E-state index contributed by atoms with van der Waals surface area (Å²) in [5.74, 6) is 0. The fourth-order valence-electron chi connectivity index (χ4n) is 2.12. The Morgan fingerprint density at radius 1 is 0.857 bits per heavy atom. The topological polar surface area (TPSA) is 0 Å². The van der Waals surface area contributed by atoms with Crippen LogP contribution in [-0.2, 0) is 6.42 Å². The Bertz CT molecular complexity index is 500. The molecule has 65 valence electrons. The van der Waals surface area contributed by atoms with Crippen molar-refractivity contribution in [1.29, 1.82) is 0 Å². The summed E-state index contributed by atoms with van der Waals surface area (Å²) in [5.41, 5.74) is 5.79. The third kappa shape index (κ3) is 1.14. The van der Waals surface area contributed by atoms with E-state index in [9.17, 15) is 0 Å². The van der Waals surface area contributed by atoms with E-state index in [1.54, 1.807) is 0 Å². The summed E-state index contributed by atoms with van der Waals surface area (Å²) in [7, 11) is 0. The first kappa shape index (κ1) is 8.30. The van der Waals surface area contributed by atoms with E-state index in [1.165, 1.54) is 26.6 Å². The average molecular weight is 238 g/mol. The van der Waals surface area contributed by atoms with Crippen LogP contribution in [0, 0.1) is 0 Å². The molecule has 2 aromatic rings. The number of hydrogen-bond acceptors (Lipinski definition) is 0. The van der Waals surface area contributed by atoms with Gasteiger partial charge in [0.25, 0.3) is 0 Å². The van der Waals surface area contributed by atoms with E-state index in [2.05, 4.69) is 59.0 Å². The predicted molar refractivity (Wildman–Crippen MR) is 60.1 cm³/mol. The molecule has 3 rings (SSSR count). The van der Waals surface area contributed by atoms with Gasteiger partial charge < -0.3 is 0 Å². The second-order valence-corrected chi connectivity index (χ2v) is 4.92. The molecule has 1 heteroatoms. The molecule has 0 saturated heterocycles. The third-order valence-corrected chi connectivity index (χ3v) is 3.45. The Morgan fingerprint density at radius 2 is 1.64 bits per heavy atom. The summed E-state index contributed by atoms with van der Waals surface area (Å²) in [4.78, 5) is 0. The molecular formula is C13H9Ge. The van der Waals surface area contributed by atoms with Gasteiger partial charge in [0.15, 0.2) is 0 Å². The monoisotopic (exact) mass is 239 g/mol. The fourth-order valence-corrected chi connectivity index (χ4v) is 2.60. The normalized spacial score (nSPS) is 12.4. The minimum absolute atomic E-state index is 1.10. The maximum absolute atomic E-state index is 2.29. The summed E-state index contributed by atoms with van der Waals surface area (Å²) in [6.07, 6.45) is 1.10. The van der Waals surface area contributed by atoms with Crippen LogP contribution in [0.15, 0.2) is 42.5 Å². The molecule has 0 unspecified atom stereocenters. The van der Waals surface area contributed by atoms with Crippen molar-refractivity contribution in [3.63, 3.8) is 0 Å². The molecule has 14 heavy (non-hydrogen) atoms. The van der Waals surface area contributed by atoms with E-state index in [4.69, 9.17) is 0 Å². The molecule has 1 aliphatic rings. The second kappa shape index (κ2) is 2.99. The molecule has 2 aromatic carbocycles. The zero-order valence-corrected chi connectivity index (χ0v) is 9.85. The fraction of sp³-hybridized carbons (Fsp3) is 0.0769. The molecule has 0 heterocycles. The van der Waals surface area contributed by atoms with Crippen LogP contribution < -0.4 is 4.40 Å². The van der Waals surface area contributed by atoms with Crippen LogP contribution in [0.3, 0.4) is 0 Å². The standard InChI is InChI=1S/C13H9Ge/c14-11-6-5-10-7-9-3-1-2-4-12(9)13(10)8-11/h1-6,8H,7H2. The van der Waals surface area contributed by atoms with Crippen molar-refractivity contribution < 1.29 is 0 Å². The van der Waals surface area contributed by atoms with Gasteiger partial charge >= 0.3 is 92.0 Å². The zero-order valence-electron chi connectivity index (χ0n) is 7.75. The zero-order chi connectivity index (χ0) is 9.54. The van der Waals surface area contributed by atoms with Crippen molar-refractivity contribution in [3.05, 3.63) is 53.6 Å². The van der Waals surface area contributed by atoms with Crippen LogP contribution in [0.5, 0.6) is 0 Å². The SMILES string of the molecule is [Ge][c]1ccc2c(c1)-c1ccccc1C2. The summed E-state index contributed by atoms with van der Waals surface area (Å²) >= 11 is 2.15. The number of rotatable bonds is 0. The molecule has 0 amide bonds. The molecule has 0 N–H and O–H groups in total. The Labute approximate surface area is 92.2 Å². The van der Waals surface area contributed by atoms with Gasteiger partial charge in [-0.25, -0.2) is 0 Å². The molecule has 0 saturated carbocycles. The molecule has 0 spiro atoms. The van der Waals surface area contributed by atoms with Gasteiger partial charge in [-0.3, -0.25) is 0 Å². The van der Waals surface area contributed by atoms with Crippen LogP contribution >= 0.6 is 0 Å². The van der Waals surface area contributed by atoms with Gasteiger partial charge in [-0.1, -0.05) is 0 Å². The first-order valence-corrected chi connectivity index (χ1v) is 5.82. The first-order chi connectivity index (χ1) is 6.84. The maximum atomic E-state index is 2.29. The molecule has 3 radical (unpaired) electrons. The summed E-state index contributed by atoms with van der Waals surface area (Å²) < 4.78 is 1.35. The molecule has 0 atom stereocenters. The number of benzene rings is 2. The molecule has 0 fully saturated rings. The Balaban J connectivity index is 2.30. The molecule has 0 aromatic heterocycles. The van der Waals surface area contributed by atoms with Crippen molar-refractivity contribution >= 4 is 20.9 Å². The predicted octanol–water partition coefficient (Wildman–Crippen LogP) is 2.05. The van der Waals surface area contributed by atoms with Gasteiger partial charge in [0.05, 0.1) is 0 Å². The van der Waals surface area contributed by atoms with Crippen molar-refractivity contribution in [3.8, 4) is 11.1 Å². The Kier molecular flexibility index (Phi) is 1.77. The second-order valence-electron chi connectivity index (χ2n) is 3.71. The molecular weight excluding hydrogens is 229 g/mol. The summed E-state index contributed by atoms with van der Waals surface area (Å²) in [6, 6.07) is 15.4. The minimum atomic E-state index is 1.10. The van der Waals surface area contributed by atoms with Crippen LogP contribution in [0.1, 0.15) is 11.1 Å². The van der Waals surface area contributed by atoms with Crippen LogP contribution in [0.2, 0.25) is 0 Å². The van der Waals surface area contributed by atoms with Gasteiger partial charge in [0, 0.05) is 0 Å². The van der Waals surface area contributed by atoms with Crippen molar-refractivity contribution in [2.24, 2.45) is 0 Å². The van der Waals surface area contributed by atoms with Crippen LogP contribution in [0.4, 0.5) is 0 Å². The molecule has 1 aliphatic carbocycles. The Morgan fingerprint density at radius 3 is 2.57 bits per heavy atom. The van der Waals surface area contributed by atoms with E-state index in [1.807, 2.05) is 0 Å². The molecule has 0 aliphatic heterocycles. The van der Waals surface area contributed by atoms with E-state index in [0.717, 1.165) is 6.42 Å². The molecule has 0 bridgehead atoms. The number of fused-ring (bicyclic) bond motifs is 3. The van der Waals surface area contributed by atoms with E-state index in [0.29, 0.717) is 0 Å². The van der Waals surface area contributed by atoms with Gasteiger partial charge in [0.1, 0.15) is 0 Å². The molecule has 0 nitrogen and oxygen atoms in total. The quantitative estimate of drug-likeness (QED) is 0.525. The van der Waals surface area contributed by atoms with Crippen molar-refractivity contribution in [1.82, 2.24) is 0 Å². The average Bonchev–Trinajstić information content (AvgIpc) is 2.56. The van der Waals surface area contributed by atoms with Gasteiger partial charge in [0.2, 0.25) is 0 Å². The van der Waals surface area contributed by atoms with Gasteiger partial charge in [-0.05, 0) is 0 Å². The van der Waals surface area contributed by atoms with Gasteiger partial charge in [-0.15, -0.1) is 0 Å². The van der Waals surface area contributed by atoms with Crippen molar-refractivity contribution in [2.45, 2.75) is 6.42 Å². The van der Waals surface area contributed by atoms with Crippen LogP contribution in [0.25, 0.3) is 11.1 Å².